The average Bonchev–Trinajstić information content (AvgIpc) is 2.73. The second-order valence-corrected chi connectivity index (χ2v) is 5.92. The minimum Gasteiger partial charge on any atom is -0.497 e. The molecule has 0 saturated heterocycles. The lowest BCUT2D eigenvalue weighted by molar-refractivity contribution is 0.102. The molecule has 0 fully saturated rings. The summed E-state index contributed by atoms with van der Waals surface area (Å²) in [6.45, 7) is 0. The van der Waals surface area contributed by atoms with Crippen LogP contribution in [0.3, 0.4) is 0 Å². The lowest BCUT2D eigenvalue weighted by Crippen LogP contribution is -2.14. The summed E-state index contributed by atoms with van der Waals surface area (Å²) in [5.41, 5.74) is 2.40. The number of pyridine rings is 2. The number of methoxy groups -OCH3 is 2. The zero-order chi connectivity index (χ0) is 18.8. The van der Waals surface area contributed by atoms with Crippen molar-refractivity contribution >= 4 is 33.4 Å². The van der Waals surface area contributed by atoms with Crippen LogP contribution in [0.2, 0.25) is 0 Å². The van der Waals surface area contributed by atoms with Gasteiger partial charge >= 0.3 is 0 Å². The number of aromatic nitrogens is 2. The number of rotatable bonds is 4. The number of nitrogens with one attached hydrogen (secondary N) is 1. The minimum absolute atomic E-state index is 0.289. The van der Waals surface area contributed by atoms with Gasteiger partial charge in [0.05, 0.1) is 25.4 Å². The van der Waals surface area contributed by atoms with Crippen LogP contribution in [-0.2, 0) is 0 Å². The molecule has 0 aliphatic heterocycles. The lowest BCUT2D eigenvalue weighted by atomic mass is 10.1. The van der Waals surface area contributed by atoms with Crippen molar-refractivity contribution in [1.82, 2.24) is 9.97 Å². The number of fused-ring (bicyclic) bond motifs is 2. The van der Waals surface area contributed by atoms with Crippen LogP contribution >= 0.6 is 0 Å². The predicted octanol–water partition coefficient (Wildman–Crippen LogP) is 4.05. The quantitative estimate of drug-likeness (QED) is 0.595. The largest absolute Gasteiger partial charge is 0.497 e. The van der Waals surface area contributed by atoms with Gasteiger partial charge in [-0.05, 0) is 48.5 Å². The Morgan fingerprint density at radius 2 is 1.89 bits per heavy atom. The lowest BCUT2D eigenvalue weighted by Gasteiger charge is -2.11. The third-order valence-electron chi connectivity index (χ3n) is 4.33. The van der Waals surface area contributed by atoms with Gasteiger partial charge in [-0.15, -0.1) is 0 Å². The molecule has 0 unspecified atom stereocenters. The third-order valence-corrected chi connectivity index (χ3v) is 4.33. The molecule has 0 radical (unpaired) electrons. The number of hydrogen-bond donors (Lipinski definition) is 1. The molecule has 0 aliphatic carbocycles. The normalized spacial score (nSPS) is 10.7. The molecular formula is C21H17N3O3. The van der Waals surface area contributed by atoms with Crippen molar-refractivity contribution < 1.29 is 14.3 Å². The summed E-state index contributed by atoms with van der Waals surface area (Å²) in [5.74, 6) is 1.11. The summed E-state index contributed by atoms with van der Waals surface area (Å²) in [6, 6.07) is 16.4. The maximum absolute atomic E-state index is 12.7. The average molecular weight is 359 g/mol. The molecule has 2 aromatic heterocycles. The standard InChI is InChI=1S/C21H17N3O3/c1-26-14-6-8-16-13(12-14)5-7-18(23-16)21(25)24-17-9-10-19(27-2)20-15(17)4-3-11-22-20/h3-12H,1-2H3,(H,24,25). The molecule has 2 heterocycles. The van der Waals surface area contributed by atoms with Crippen LogP contribution in [0, 0.1) is 0 Å². The highest BCUT2D eigenvalue weighted by atomic mass is 16.5. The van der Waals surface area contributed by atoms with Crippen molar-refractivity contribution in [1.29, 1.82) is 0 Å². The first-order valence-electron chi connectivity index (χ1n) is 8.37. The molecular weight excluding hydrogens is 342 g/mol. The number of carbonyl (C=O) groups excluding carboxylic acids is 1. The van der Waals surface area contributed by atoms with E-state index in [1.165, 1.54) is 0 Å². The number of anilines is 1. The molecule has 1 N–H and O–H groups in total. The molecule has 0 saturated carbocycles. The molecule has 0 bridgehead atoms. The highest BCUT2D eigenvalue weighted by molar-refractivity contribution is 6.09. The Balaban J connectivity index is 1.68. The van der Waals surface area contributed by atoms with Crippen LogP contribution in [-0.4, -0.2) is 30.1 Å². The molecule has 2 aromatic carbocycles. The molecule has 0 atom stereocenters. The first-order chi connectivity index (χ1) is 13.2. The van der Waals surface area contributed by atoms with E-state index in [2.05, 4.69) is 15.3 Å². The van der Waals surface area contributed by atoms with Crippen molar-refractivity contribution in [2.24, 2.45) is 0 Å². The van der Waals surface area contributed by atoms with E-state index in [1.54, 1.807) is 38.6 Å². The fourth-order valence-corrected chi connectivity index (χ4v) is 2.96. The molecule has 134 valence electrons. The molecule has 6 heteroatoms. The summed E-state index contributed by atoms with van der Waals surface area (Å²) in [5, 5.41) is 4.63. The van der Waals surface area contributed by atoms with Gasteiger partial charge in [0.1, 0.15) is 22.7 Å². The van der Waals surface area contributed by atoms with Gasteiger partial charge in [-0.25, -0.2) is 4.98 Å². The van der Waals surface area contributed by atoms with E-state index < -0.39 is 0 Å². The molecule has 4 rings (SSSR count). The Bertz CT molecular complexity index is 1160. The monoisotopic (exact) mass is 359 g/mol. The number of carbonyl (C=O) groups is 1. The predicted molar refractivity (Wildman–Crippen MR) is 105 cm³/mol. The van der Waals surface area contributed by atoms with Gasteiger partial charge < -0.3 is 14.8 Å². The van der Waals surface area contributed by atoms with Crippen molar-refractivity contribution in [2.75, 3.05) is 19.5 Å². The van der Waals surface area contributed by atoms with Crippen molar-refractivity contribution in [3.8, 4) is 11.5 Å². The van der Waals surface area contributed by atoms with E-state index in [0.29, 0.717) is 22.6 Å². The van der Waals surface area contributed by atoms with E-state index >= 15 is 0 Å². The smallest absolute Gasteiger partial charge is 0.274 e. The van der Waals surface area contributed by atoms with Crippen LogP contribution in [0.25, 0.3) is 21.8 Å². The molecule has 6 nitrogen and oxygen atoms in total. The number of amides is 1. The fourth-order valence-electron chi connectivity index (χ4n) is 2.96. The second kappa shape index (κ2) is 6.92. The van der Waals surface area contributed by atoms with Crippen LogP contribution < -0.4 is 14.8 Å². The molecule has 0 aliphatic rings. The van der Waals surface area contributed by atoms with Crippen molar-refractivity contribution in [3.63, 3.8) is 0 Å². The Morgan fingerprint density at radius 1 is 1.00 bits per heavy atom. The van der Waals surface area contributed by atoms with Crippen LogP contribution in [0.4, 0.5) is 5.69 Å². The Morgan fingerprint density at radius 3 is 2.70 bits per heavy atom. The Hall–Kier alpha value is -3.67. The van der Waals surface area contributed by atoms with Gasteiger partial charge in [-0.3, -0.25) is 9.78 Å². The third kappa shape index (κ3) is 3.13. The number of ether oxygens (including phenoxy) is 2. The van der Waals surface area contributed by atoms with E-state index in [-0.39, 0.29) is 5.91 Å². The summed E-state index contributed by atoms with van der Waals surface area (Å²) in [7, 11) is 3.21. The summed E-state index contributed by atoms with van der Waals surface area (Å²) in [4.78, 5) is 21.5. The van der Waals surface area contributed by atoms with Crippen molar-refractivity contribution in [3.05, 3.63) is 66.5 Å². The maximum atomic E-state index is 12.7. The van der Waals surface area contributed by atoms with Crippen molar-refractivity contribution in [2.45, 2.75) is 0 Å². The first kappa shape index (κ1) is 16.8. The number of nitrogens with zero attached hydrogens (tertiary/aromatic N) is 2. The van der Waals surface area contributed by atoms with Gasteiger partial charge in [0, 0.05) is 17.0 Å². The Kier molecular flexibility index (Phi) is 4.30. The summed E-state index contributed by atoms with van der Waals surface area (Å²) in [6.07, 6.45) is 1.69. The summed E-state index contributed by atoms with van der Waals surface area (Å²) >= 11 is 0. The molecule has 0 spiro atoms. The first-order valence-corrected chi connectivity index (χ1v) is 8.37. The van der Waals surface area contributed by atoms with Crippen LogP contribution in [0.1, 0.15) is 10.5 Å². The van der Waals surface area contributed by atoms with Gasteiger partial charge in [0.25, 0.3) is 5.91 Å². The van der Waals surface area contributed by atoms with E-state index in [9.17, 15) is 4.79 Å². The van der Waals surface area contributed by atoms with Crippen LogP contribution in [0.5, 0.6) is 11.5 Å². The second-order valence-electron chi connectivity index (χ2n) is 5.92. The zero-order valence-corrected chi connectivity index (χ0v) is 14.9. The van der Waals surface area contributed by atoms with E-state index in [1.807, 2.05) is 36.4 Å². The minimum atomic E-state index is -0.289. The fraction of sp³-hybridized carbons (Fsp3) is 0.0952. The van der Waals surface area contributed by atoms with Gasteiger partial charge in [0.15, 0.2) is 0 Å². The molecule has 1 amide bonds. The zero-order valence-electron chi connectivity index (χ0n) is 14.9. The SMILES string of the molecule is COc1ccc2nc(C(=O)Nc3ccc(OC)c4ncccc34)ccc2c1. The van der Waals surface area contributed by atoms with E-state index in [0.717, 1.165) is 22.0 Å². The topological polar surface area (TPSA) is 73.3 Å². The highest BCUT2D eigenvalue weighted by Crippen LogP contribution is 2.30. The van der Waals surface area contributed by atoms with Gasteiger partial charge in [0.2, 0.25) is 0 Å². The highest BCUT2D eigenvalue weighted by Gasteiger charge is 2.13. The van der Waals surface area contributed by atoms with Gasteiger partial charge in [-0.2, -0.15) is 0 Å². The summed E-state index contributed by atoms with van der Waals surface area (Å²) < 4.78 is 10.6. The molecule has 4 aromatic rings. The van der Waals surface area contributed by atoms with E-state index in [4.69, 9.17) is 9.47 Å². The maximum Gasteiger partial charge on any atom is 0.274 e. The Labute approximate surface area is 155 Å². The van der Waals surface area contributed by atoms with Gasteiger partial charge in [-0.1, -0.05) is 6.07 Å². The number of hydrogen-bond acceptors (Lipinski definition) is 5. The molecule has 27 heavy (non-hydrogen) atoms. The number of benzene rings is 2. The van der Waals surface area contributed by atoms with Crippen LogP contribution in [0.15, 0.2) is 60.8 Å².